The molecule has 8 nitrogen and oxygen atoms in total. The molecule has 5 rings (SSSR count). The zero-order valence-electron chi connectivity index (χ0n) is 18.3. The fourth-order valence-electron chi connectivity index (χ4n) is 4.74. The Morgan fingerprint density at radius 2 is 1.85 bits per heavy atom. The van der Waals surface area contributed by atoms with Crippen LogP contribution in [-0.4, -0.2) is 60.4 Å². The van der Waals surface area contributed by atoms with Gasteiger partial charge in [0.05, 0.1) is 5.92 Å². The Kier molecular flexibility index (Phi) is 5.86. The average molecular weight is 469 g/mol. The SMILES string of the molecule is O=C(Nc1ccc(C2=CCN(C(=O)C3CCS(O)(O)C3)CC2)cc1)N1Cc2ccncc2C1. The van der Waals surface area contributed by atoms with E-state index in [0.717, 1.165) is 28.8 Å². The van der Waals surface area contributed by atoms with Crippen LogP contribution in [0, 0.1) is 5.92 Å². The van der Waals surface area contributed by atoms with Crippen molar-refractivity contribution < 1.29 is 18.7 Å². The highest BCUT2D eigenvalue weighted by Crippen LogP contribution is 2.48. The second-order valence-corrected chi connectivity index (χ2v) is 11.3. The Morgan fingerprint density at radius 3 is 2.52 bits per heavy atom. The molecule has 1 unspecified atom stereocenters. The molecular formula is C24H28N4O4S. The fourth-order valence-corrected chi connectivity index (χ4v) is 6.52. The molecule has 1 atom stereocenters. The van der Waals surface area contributed by atoms with E-state index in [1.54, 1.807) is 11.1 Å². The van der Waals surface area contributed by atoms with E-state index in [4.69, 9.17) is 0 Å². The number of hydrogen-bond acceptors (Lipinski definition) is 5. The summed E-state index contributed by atoms with van der Waals surface area (Å²) in [5.41, 5.74) is 5.21. The molecule has 3 N–H and O–H groups in total. The van der Waals surface area contributed by atoms with E-state index in [2.05, 4.69) is 16.4 Å². The van der Waals surface area contributed by atoms with Crippen molar-refractivity contribution in [1.29, 1.82) is 0 Å². The summed E-state index contributed by atoms with van der Waals surface area (Å²) in [6, 6.07) is 9.61. The van der Waals surface area contributed by atoms with Crippen molar-refractivity contribution in [2.45, 2.75) is 25.9 Å². The van der Waals surface area contributed by atoms with Crippen LogP contribution in [0.3, 0.4) is 0 Å². The molecule has 1 aromatic heterocycles. The Bertz CT molecular complexity index is 1080. The lowest BCUT2D eigenvalue weighted by Crippen LogP contribution is -2.39. The van der Waals surface area contributed by atoms with Crippen LogP contribution in [0.1, 0.15) is 29.5 Å². The number of amides is 3. The standard InChI is InChI=1S/C24H28N4O4S/c29-23(20-8-12-33(31,32)16-20)27-10-6-18(7-11-27)17-1-3-22(4-2-17)26-24(30)28-14-19-5-9-25-13-21(19)15-28/h1-6,9,13,20,31-32H,7-8,10-12,14-16H2,(H,26,30). The van der Waals surface area contributed by atoms with Crippen LogP contribution in [0.25, 0.3) is 5.57 Å². The number of nitrogens with one attached hydrogen (secondary N) is 1. The molecule has 1 saturated heterocycles. The molecule has 0 spiro atoms. The van der Waals surface area contributed by atoms with Crippen LogP contribution < -0.4 is 5.32 Å². The summed E-state index contributed by atoms with van der Waals surface area (Å²) >= 11 is 0. The quantitative estimate of drug-likeness (QED) is 0.631. The molecule has 0 bridgehead atoms. The van der Waals surface area contributed by atoms with Gasteiger partial charge in [0.25, 0.3) is 0 Å². The third kappa shape index (κ3) is 4.75. The largest absolute Gasteiger partial charge is 0.338 e. The number of anilines is 1. The van der Waals surface area contributed by atoms with Crippen LogP contribution in [0.4, 0.5) is 10.5 Å². The van der Waals surface area contributed by atoms with E-state index < -0.39 is 10.6 Å². The van der Waals surface area contributed by atoms with E-state index in [1.807, 2.05) is 41.4 Å². The highest BCUT2D eigenvalue weighted by Gasteiger charge is 2.35. The number of benzene rings is 1. The molecule has 9 heteroatoms. The minimum Gasteiger partial charge on any atom is -0.338 e. The summed E-state index contributed by atoms with van der Waals surface area (Å²) in [6.07, 6.45) is 6.93. The highest BCUT2D eigenvalue weighted by atomic mass is 32.3. The molecule has 0 saturated carbocycles. The van der Waals surface area contributed by atoms with Crippen molar-refractivity contribution in [3.8, 4) is 0 Å². The van der Waals surface area contributed by atoms with E-state index >= 15 is 0 Å². The summed E-state index contributed by atoms with van der Waals surface area (Å²) in [5.74, 6) is 0.295. The topological polar surface area (TPSA) is 106 Å². The number of urea groups is 1. The van der Waals surface area contributed by atoms with Gasteiger partial charge < -0.3 is 15.1 Å². The van der Waals surface area contributed by atoms with Crippen molar-refractivity contribution >= 4 is 33.8 Å². The number of aromatic nitrogens is 1. The summed E-state index contributed by atoms with van der Waals surface area (Å²) in [4.78, 5) is 33.0. The number of hydrogen-bond donors (Lipinski definition) is 3. The number of carbonyl (C=O) groups is 2. The van der Waals surface area contributed by atoms with Crippen molar-refractivity contribution in [1.82, 2.24) is 14.8 Å². The first-order chi connectivity index (χ1) is 15.9. The van der Waals surface area contributed by atoms with Gasteiger partial charge in [0, 0.05) is 55.8 Å². The lowest BCUT2D eigenvalue weighted by Gasteiger charge is -2.30. The van der Waals surface area contributed by atoms with E-state index in [1.165, 1.54) is 5.57 Å². The van der Waals surface area contributed by atoms with Gasteiger partial charge in [0.1, 0.15) is 0 Å². The van der Waals surface area contributed by atoms with E-state index in [9.17, 15) is 18.7 Å². The number of pyridine rings is 1. The molecule has 0 aliphatic carbocycles. The smallest absolute Gasteiger partial charge is 0.322 e. The molecular weight excluding hydrogens is 440 g/mol. The number of fused-ring (bicyclic) bond motifs is 1. The Labute approximate surface area is 194 Å². The second-order valence-electron chi connectivity index (χ2n) is 8.93. The lowest BCUT2D eigenvalue weighted by atomic mass is 9.98. The molecule has 2 aromatic rings. The Hall–Kier alpha value is -2.88. The summed E-state index contributed by atoms with van der Waals surface area (Å²) < 4.78 is 19.6. The molecule has 1 fully saturated rings. The van der Waals surface area contributed by atoms with Crippen molar-refractivity contribution in [2.24, 2.45) is 5.92 Å². The predicted molar refractivity (Wildman–Crippen MR) is 129 cm³/mol. The first kappa shape index (κ1) is 21.9. The molecule has 1 aromatic carbocycles. The maximum absolute atomic E-state index is 12.7. The monoisotopic (exact) mass is 468 g/mol. The fraction of sp³-hybridized carbons (Fsp3) is 0.375. The Morgan fingerprint density at radius 1 is 1.06 bits per heavy atom. The minimum atomic E-state index is -2.56. The van der Waals surface area contributed by atoms with Gasteiger partial charge >= 0.3 is 6.03 Å². The lowest BCUT2D eigenvalue weighted by molar-refractivity contribution is -0.134. The summed E-state index contributed by atoms with van der Waals surface area (Å²) in [5, 5.41) is 2.96. The van der Waals surface area contributed by atoms with E-state index in [0.29, 0.717) is 38.4 Å². The predicted octanol–water partition coefficient (Wildman–Crippen LogP) is 4.02. The minimum absolute atomic E-state index is 0.0284. The van der Waals surface area contributed by atoms with Crippen LogP contribution in [0.2, 0.25) is 0 Å². The van der Waals surface area contributed by atoms with Crippen molar-refractivity contribution in [3.05, 3.63) is 65.5 Å². The summed E-state index contributed by atoms with van der Waals surface area (Å²) in [7, 11) is -2.56. The van der Waals surface area contributed by atoms with Crippen LogP contribution >= 0.6 is 10.6 Å². The first-order valence-corrected chi connectivity index (χ1v) is 13.1. The van der Waals surface area contributed by atoms with Gasteiger partial charge in [-0.1, -0.05) is 18.2 Å². The van der Waals surface area contributed by atoms with Gasteiger partial charge in [0.2, 0.25) is 5.91 Å². The van der Waals surface area contributed by atoms with Crippen LogP contribution in [-0.2, 0) is 17.9 Å². The Balaban J connectivity index is 1.16. The van der Waals surface area contributed by atoms with Crippen LogP contribution in [0.5, 0.6) is 0 Å². The van der Waals surface area contributed by atoms with Gasteiger partial charge in [-0.05, 0) is 53.3 Å². The number of rotatable bonds is 3. The maximum Gasteiger partial charge on any atom is 0.322 e. The van der Waals surface area contributed by atoms with Crippen molar-refractivity contribution in [2.75, 3.05) is 29.9 Å². The van der Waals surface area contributed by atoms with Gasteiger partial charge in [-0.15, -0.1) is 0 Å². The first-order valence-electron chi connectivity index (χ1n) is 11.2. The zero-order valence-corrected chi connectivity index (χ0v) is 19.1. The average Bonchev–Trinajstić information content (AvgIpc) is 3.42. The highest BCUT2D eigenvalue weighted by molar-refractivity contribution is 8.24. The maximum atomic E-state index is 12.7. The third-order valence-electron chi connectivity index (χ3n) is 6.65. The molecule has 174 valence electrons. The second kappa shape index (κ2) is 8.81. The third-order valence-corrected chi connectivity index (χ3v) is 8.48. The van der Waals surface area contributed by atoms with Gasteiger partial charge in [-0.3, -0.25) is 18.9 Å². The molecule has 3 aliphatic rings. The summed E-state index contributed by atoms with van der Waals surface area (Å²) in [6.45, 7) is 2.31. The molecule has 4 heterocycles. The zero-order chi connectivity index (χ0) is 23.0. The molecule has 0 radical (unpaired) electrons. The molecule has 3 amide bonds. The molecule has 3 aliphatic heterocycles. The number of carbonyl (C=O) groups excluding carboxylic acids is 2. The van der Waals surface area contributed by atoms with Crippen molar-refractivity contribution in [3.63, 3.8) is 0 Å². The molecule has 33 heavy (non-hydrogen) atoms. The normalized spacial score (nSPS) is 22.5. The van der Waals surface area contributed by atoms with Gasteiger partial charge in [-0.25, -0.2) is 4.79 Å². The number of nitrogens with zero attached hydrogens (tertiary/aromatic N) is 3. The van der Waals surface area contributed by atoms with E-state index in [-0.39, 0.29) is 23.6 Å². The van der Waals surface area contributed by atoms with Crippen LogP contribution in [0.15, 0.2) is 48.8 Å². The van der Waals surface area contributed by atoms with Gasteiger partial charge in [-0.2, -0.15) is 10.6 Å². The van der Waals surface area contributed by atoms with Gasteiger partial charge in [0.15, 0.2) is 0 Å².